The van der Waals surface area contributed by atoms with Gasteiger partial charge in [-0.1, -0.05) is 18.2 Å². The average Bonchev–Trinajstić information content (AvgIpc) is 3.62. The lowest BCUT2D eigenvalue weighted by atomic mass is 9.93. The van der Waals surface area contributed by atoms with Crippen molar-refractivity contribution in [2.45, 2.75) is 25.8 Å². The molecule has 3 N–H and O–H groups in total. The number of nitrogen functional groups attached to an aromatic ring is 1. The van der Waals surface area contributed by atoms with Crippen molar-refractivity contribution >= 4 is 11.7 Å². The summed E-state index contributed by atoms with van der Waals surface area (Å²) in [4.78, 5) is 18.2. The number of halogens is 1. The number of nitrogens with one attached hydrogen (secondary N) is 1. The number of ether oxygens (including phenoxy) is 1. The van der Waals surface area contributed by atoms with E-state index in [1.807, 2.05) is 44.4 Å². The predicted octanol–water partition coefficient (Wildman–Crippen LogP) is 4.27. The summed E-state index contributed by atoms with van der Waals surface area (Å²) < 4.78 is 21.1. The SMILES string of the molecule is CN(C)Cc1cc(-c2cc(-c3ccc4c(c3)CCNC4=O)c(N)nc2F)ccc1OCC1CC1. The van der Waals surface area contributed by atoms with E-state index in [0.717, 1.165) is 41.0 Å². The fourth-order valence-corrected chi connectivity index (χ4v) is 4.38. The molecule has 1 amide bonds. The molecule has 5 rings (SSSR count). The van der Waals surface area contributed by atoms with Crippen molar-refractivity contribution in [2.24, 2.45) is 5.92 Å². The van der Waals surface area contributed by atoms with Gasteiger partial charge in [0.2, 0.25) is 5.95 Å². The number of amides is 1. The zero-order valence-corrected chi connectivity index (χ0v) is 19.5. The van der Waals surface area contributed by atoms with Crippen LogP contribution in [0.3, 0.4) is 0 Å². The van der Waals surface area contributed by atoms with Crippen LogP contribution in [-0.4, -0.2) is 43.0 Å². The number of rotatable bonds is 7. The van der Waals surface area contributed by atoms with Crippen molar-refractivity contribution < 1.29 is 13.9 Å². The molecule has 0 spiro atoms. The first-order chi connectivity index (χ1) is 16.4. The molecule has 0 saturated heterocycles. The van der Waals surface area contributed by atoms with E-state index in [0.29, 0.717) is 35.7 Å². The van der Waals surface area contributed by atoms with Crippen molar-refractivity contribution in [3.63, 3.8) is 0 Å². The summed E-state index contributed by atoms with van der Waals surface area (Å²) >= 11 is 0. The van der Waals surface area contributed by atoms with Crippen LogP contribution >= 0.6 is 0 Å². The molecule has 0 atom stereocenters. The number of nitrogens with two attached hydrogens (primary N) is 1. The second-order valence-corrected chi connectivity index (χ2v) is 9.45. The Bertz CT molecular complexity index is 1250. The maximum Gasteiger partial charge on any atom is 0.251 e. The van der Waals surface area contributed by atoms with Gasteiger partial charge in [-0.15, -0.1) is 0 Å². The lowest BCUT2D eigenvalue weighted by Gasteiger charge is -2.18. The van der Waals surface area contributed by atoms with E-state index < -0.39 is 5.95 Å². The normalized spacial score (nSPS) is 15.2. The van der Waals surface area contributed by atoms with Crippen molar-refractivity contribution in [3.8, 4) is 28.0 Å². The summed E-state index contributed by atoms with van der Waals surface area (Å²) in [6.45, 7) is 2.00. The third-order valence-corrected chi connectivity index (χ3v) is 6.38. The van der Waals surface area contributed by atoms with Crippen LogP contribution in [0.1, 0.15) is 34.3 Å². The number of benzene rings is 2. The molecule has 34 heavy (non-hydrogen) atoms. The van der Waals surface area contributed by atoms with Gasteiger partial charge in [-0.3, -0.25) is 4.79 Å². The van der Waals surface area contributed by atoms with Crippen LogP contribution in [-0.2, 0) is 13.0 Å². The highest BCUT2D eigenvalue weighted by Gasteiger charge is 2.23. The molecule has 0 radical (unpaired) electrons. The Morgan fingerprint density at radius 2 is 1.85 bits per heavy atom. The van der Waals surface area contributed by atoms with Crippen molar-refractivity contribution in [1.29, 1.82) is 0 Å². The summed E-state index contributed by atoms with van der Waals surface area (Å²) in [5.74, 6) is 0.925. The average molecular weight is 461 g/mol. The van der Waals surface area contributed by atoms with E-state index >= 15 is 4.39 Å². The van der Waals surface area contributed by atoms with Gasteiger partial charge in [0, 0.05) is 35.3 Å². The number of carbonyl (C=O) groups excluding carboxylic acids is 1. The molecule has 0 unspecified atom stereocenters. The Balaban J connectivity index is 1.53. The van der Waals surface area contributed by atoms with E-state index in [2.05, 4.69) is 15.2 Å². The van der Waals surface area contributed by atoms with Crippen molar-refractivity contribution in [2.75, 3.05) is 33.0 Å². The summed E-state index contributed by atoms with van der Waals surface area (Å²) in [5, 5.41) is 2.85. The van der Waals surface area contributed by atoms with Crippen LogP contribution in [0.15, 0.2) is 42.5 Å². The van der Waals surface area contributed by atoms with E-state index in [4.69, 9.17) is 10.5 Å². The molecule has 6 nitrogen and oxygen atoms in total. The molecule has 1 aliphatic carbocycles. The summed E-state index contributed by atoms with van der Waals surface area (Å²) in [6, 6.07) is 13.1. The predicted molar refractivity (Wildman–Crippen MR) is 131 cm³/mol. The molecule has 1 aliphatic heterocycles. The zero-order chi connectivity index (χ0) is 23.8. The minimum absolute atomic E-state index is 0.0730. The third-order valence-electron chi connectivity index (χ3n) is 6.38. The Kier molecular flexibility index (Phi) is 5.96. The van der Waals surface area contributed by atoms with Crippen LogP contribution in [0.2, 0.25) is 0 Å². The number of hydrogen-bond acceptors (Lipinski definition) is 5. The molecule has 1 saturated carbocycles. The molecular formula is C27H29FN4O2. The summed E-state index contributed by atoms with van der Waals surface area (Å²) in [7, 11) is 3.99. The Labute approximate surface area is 198 Å². The fourth-order valence-electron chi connectivity index (χ4n) is 4.38. The van der Waals surface area contributed by atoms with Gasteiger partial charge in [-0.25, -0.2) is 4.98 Å². The zero-order valence-electron chi connectivity index (χ0n) is 19.5. The topological polar surface area (TPSA) is 80.5 Å². The number of anilines is 1. The first kappa shape index (κ1) is 22.3. The molecule has 2 heterocycles. The Morgan fingerprint density at radius 1 is 1.09 bits per heavy atom. The van der Waals surface area contributed by atoms with E-state index in [1.54, 1.807) is 12.1 Å². The molecule has 2 aromatic carbocycles. The minimum Gasteiger partial charge on any atom is -0.493 e. The molecular weight excluding hydrogens is 431 g/mol. The van der Waals surface area contributed by atoms with Gasteiger partial charge in [0.1, 0.15) is 11.6 Å². The number of carbonyl (C=O) groups is 1. The number of fused-ring (bicyclic) bond motifs is 1. The second-order valence-electron chi connectivity index (χ2n) is 9.45. The van der Waals surface area contributed by atoms with Crippen molar-refractivity contribution in [1.82, 2.24) is 15.2 Å². The first-order valence-corrected chi connectivity index (χ1v) is 11.7. The number of pyridine rings is 1. The fraction of sp³-hybridized carbons (Fsp3) is 0.333. The van der Waals surface area contributed by atoms with E-state index in [9.17, 15) is 4.79 Å². The van der Waals surface area contributed by atoms with Crippen LogP contribution < -0.4 is 15.8 Å². The smallest absolute Gasteiger partial charge is 0.251 e. The maximum atomic E-state index is 15.0. The van der Waals surface area contributed by atoms with Gasteiger partial charge in [0.25, 0.3) is 5.91 Å². The monoisotopic (exact) mass is 460 g/mol. The summed E-state index contributed by atoms with van der Waals surface area (Å²) in [6.07, 6.45) is 3.19. The number of nitrogens with zero attached hydrogens (tertiary/aromatic N) is 2. The van der Waals surface area contributed by atoms with Crippen LogP contribution in [0.5, 0.6) is 5.75 Å². The Hall–Kier alpha value is -3.45. The van der Waals surface area contributed by atoms with Gasteiger partial charge in [0.05, 0.1) is 6.61 Å². The minimum atomic E-state index is -0.610. The highest BCUT2D eigenvalue weighted by Crippen LogP contribution is 2.36. The lowest BCUT2D eigenvalue weighted by Crippen LogP contribution is -2.31. The second kappa shape index (κ2) is 9.06. The molecule has 1 aromatic heterocycles. The maximum absolute atomic E-state index is 15.0. The molecule has 2 aliphatic rings. The van der Waals surface area contributed by atoms with Crippen molar-refractivity contribution in [3.05, 3.63) is 65.1 Å². The largest absolute Gasteiger partial charge is 0.493 e. The van der Waals surface area contributed by atoms with Crippen LogP contribution in [0.25, 0.3) is 22.3 Å². The van der Waals surface area contributed by atoms with E-state index in [-0.39, 0.29) is 11.7 Å². The highest BCUT2D eigenvalue weighted by atomic mass is 19.1. The molecule has 1 fully saturated rings. The number of hydrogen-bond donors (Lipinski definition) is 2. The third kappa shape index (κ3) is 4.61. The van der Waals surface area contributed by atoms with Gasteiger partial charge in [-0.05, 0) is 80.2 Å². The van der Waals surface area contributed by atoms with Crippen LogP contribution in [0, 0.1) is 11.9 Å². The van der Waals surface area contributed by atoms with Crippen LogP contribution in [0.4, 0.5) is 10.2 Å². The Morgan fingerprint density at radius 3 is 2.62 bits per heavy atom. The van der Waals surface area contributed by atoms with Gasteiger partial charge < -0.3 is 20.7 Å². The standard InChI is InChI=1S/C27H29FN4O2/c1-32(2)14-20-12-17(6-8-24(20)34-15-16-3-4-16)22-13-23(26(29)31-25(22)28)18-5-7-21-19(11-18)9-10-30-27(21)33/h5-8,11-13,16H,3-4,9-10,14-15H2,1-2H3,(H2,29,31)(H,30,33). The first-order valence-electron chi connectivity index (χ1n) is 11.7. The van der Waals surface area contributed by atoms with E-state index in [1.165, 1.54) is 12.8 Å². The van der Waals surface area contributed by atoms with Gasteiger partial charge in [0.15, 0.2) is 0 Å². The number of aromatic nitrogens is 1. The lowest BCUT2D eigenvalue weighted by molar-refractivity contribution is 0.0946. The quantitative estimate of drug-likeness (QED) is 0.515. The summed E-state index contributed by atoms with van der Waals surface area (Å²) in [5.41, 5.74) is 11.3. The molecule has 3 aromatic rings. The molecule has 7 heteroatoms. The van der Waals surface area contributed by atoms with Gasteiger partial charge in [-0.2, -0.15) is 4.39 Å². The molecule has 0 bridgehead atoms. The highest BCUT2D eigenvalue weighted by molar-refractivity contribution is 5.97. The molecule has 176 valence electrons. The van der Waals surface area contributed by atoms with Gasteiger partial charge >= 0.3 is 0 Å².